The van der Waals surface area contributed by atoms with Gasteiger partial charge in [0.2, 0.25) is 0 Å². The molecule has 22 heavy (non-hydrogen) atoms. The lowest BCUT2D eigenvalue weighted by atomic mass is 10.1. The van der Waals surface area contributed by atoms with Gasteiger partial charge in [0.15, 0.2) is 11.5 Å². The summed E-state index contributed by atoms with van der Waals surface area (Å²) in [6, 6.07) is 9.62. The van der Waals surface area contributed by atoms with Gasteiger partial charge in [-0.2, -0.15) is 0 Å². The van der Waals surface area contributed by atoms with Crippen molar-refractivity contribution >= 4 is 11.8 Å². The molecule has 5 heteroatoms. The molecule has 2 N–H and O–H groups in total. The Bertz CT molecular complexity index is 694. The Morgan fingerprint density at radius 1 is 1.23 bits per heavy atom. The van der Waals surface area contributed by atoms with E-state index in [2.05, 4.69) is 15.3 Å². The molecule has 0 radical (unpaired) electrons. The second-order valence-electron chi connectivity index (χ2n) is 5.71. The van der Waals surface area contributed by atoms with E-state index in [-0.39, 0.29) is 5.69 Å². The fourth-order valence-corrected chi connectivity index (χ4v) is 2.85. The van der Waals surface area contributed by atoms with Crippen LogP contribution in [0.1, 0.15) is 41.7 Å². The van der Waals surface area contributed by atoms with Crippen molar-refractivity contribution in [2.75, 3.05) is 5.32 Å². The molecule has 0 aliphatic heterocycles. The number of carbonyl (C=O) groups is 1. The van der Waals surface area contributed by atoms with Crippen LogP contribution >= 0.6 is 0 Å². The molecule has 0 amide bonds. The van der Waals surface area contributed by atoms with Crippen LogP contribution < -0.4 is 5.32 Å². The van der Waals surface area contributed by atoms with Crippen molar-refractivity contribution in [3.05, 3.63) is 41.6 Å². The predicted octanol–water partition coefficient (Wildman–Crippen LogP) is 3.50. The van der Waals surface area contributed by atoms with E-state index in [0.717, 1.165) is 24.0 Å². The zero-order valence-electron chi connectivity index (χ0n) is 12.5. The van der Waals surface area contributed by atoms with Crippen LogP contribution in [0.3, 0.4) is 0 Å². The Morgan fingerprint density at radius 3 is 2.64 bits per heavy atom. The van der Waals surface area contributed by atoms with E-state index < -0.39 is 5.97 Å². The molecule has 1 aromatic heterocycles. The molecule has 1 saturated carbocycles. The van der Waals surface area contributed by atoms with Crippen molar-refractivity contribution < 1.29 is 9.90 Å². The molecule has 1 aromatic carbocycles. The fourth-order valence-electron chi connectivity index (χ4n) is 2.85. The molecular formula is C17H19N3O2. The molecule has 0 atom stereocenters. The molecule has 0 unspecified atom stereocenters. The Hall–Kier alpha value is -2.43. The largest absolute Gasteiger partial charge is 0.477 e. The van der Waals surface area contributed by atoms with Crippen LogP contribution in [-0.4, -0.2) is 27.1 Å². The van der Waals surface area contributed by atoms with Gasteiger partial charge in [-0.05, 0) is 25.3 Å². The van der Waals surface area contributed by atoms with Crippen molar-refractivity contribution in [2.24, 2.45) is 0 Å². The molecule has 0 bridgehead atoms. The smallest absolute Gasteiger partial charge is 0.354 e. The van der Waals surface area contributed by atoms with Gasteiger partial charge < -0.3 is 10.4 Å². The number of nitrogens with one attached hydrogen (secondary N) is 1. The molecule has 0 spiro atoms. The zero-order chi connectivity index (χ0) is 15.5. The molecule has 1 heterocycles. The Kier molecular flexibility index (Phi) is 4.04. The number of aromatic nitrogens is 2. The molecule has 3 rings (SSSR count). The normalized spacial score (nSPS) is 15.0. The minimum absolute atomic E-state index is 0.0220. The molecule has 1 fully saturated rings. The average Bonchev–Trinajstić information content (AvgIpc) is 3.00. The summed E-state index contributed by atoms with van der Waals surface area (Å²) in [7, 11) is 0. The van der Waals surface area contributed by atoms with Gasteiger partial charge in [0, 0.05) is 17.7 Å². The first-order valence-corrected chi connectivity index (χ1v) is 7.58. The minimum atomic E-state index is -1.04. The molecule has 5 nitrogen and oxygen atoms in total. The Labute approximate surface area is 129 Å². The summed E-state index contributed by atoms with van der Waals surface area (Å²) in [6.45, 7) is 1.97. The van der Waals surface area contributed by atoms with Crippen LogP contribution in [0.5, 0.6) is 0 Å². The maximum absolute atomic E-state index is 11.3. The lowest BCUT2D eigenvalue weighted by molar-refractivity contribution is 0.0690. The van der Waals surface area contributed by atoms with Crippen molar-refractivity contribution in [3.8, 4) is 11.4 Å². The van der Waals surface area contributed by atoms with Gasteiger partial charge in [0.25, 0.3) is 0 Å². The summed E-state index contributed by atoms with van der Waals surface area (Å²) in [5, 5.41) is 12.6. The van der Waals surface area contributed by atoms with Crippen molar-refractivity contribution in [2.45, 2.75) is 38.6 Å². The number of hydrogen-bond donors (Lipinski definition) is 2. The van der Waals surface area contributed by atoms with Gasteiger partial charge in [-0.25, -0.2) is 14.8 Å². The van der Waals surface area contributed by atoms with E-state index in [1.165, 1.54) is 18.9 Å². The third-order valence-electron chi connectivity index (χ3n) is 4.04. The van der Waals surface area contributed by atoms with Crippen molar-refractivity contribution in [1.82, 2.24) is 9.97 Å². The van der Waals surface area contributed by atoms with Crippen LogP contribution in [0.15, 0.2) is 30.3 Å². The summed E-state index contributed by atoms with van der Waals surface area (Å²) in [5.41, 5.74) is 1.91. The number of carboxylic acids is 1. The summed E-state index contributed by atoms with van der Waals surface area (Å²) >= 11 is 0. The topological polar surface area (TPSA) is 75.1 Å². The summed E-state index contributed by atoms with van der Waals surface area (Å²) in [4.78, 5) is 20.1. The second-order valence-corrected chi connectivity index (χ2v) is 5.71. The maximum atomic E-state index is 11.3. The van der Waals surface area contributed by atoms with Crippen LogP contribution in [0.25, 0.3) is 11.4 Å². The highest BCUT2D eigenvalue weighted by Gasteiger charge is 2.18. The number of rotatable bonds is 4. The molecule has 2 aromatic rings. The predicted molar refractivity (Wildman–Crippen MR) is 85.0 cm³/mol. The van der Waals surface area contributed by atoms with Gasteiger partial charge in [-0.3, -0.25) is 0 Å². The van der Waals surface area contributed by atoms with E-state index in [0.29, 0.717) is 17.7 Å². The summed E-state index contributed by atoms with van der Waals surface area (Å²) in [6.07, 6.45) is 4.62. The molecule has 1 aliphatic rings. The third kappa shape index (κ3) is 3.08. The lowest BCUT2D eigenvalue weighted by Crippen LogP contribution is -2.17. The maximum Gasteiger partial charge on any atom is 0.354 e. The highest BCUT2D eigenvalue weighted by molar-refractivity contribution is 5.87. The van der Waals surface area contributed by atoms with Gasteiger partial charge in [-0.1, -0.05) is 37.1 Å². The molecule has 0 saturated heterocycles. The number of benzene rings is 1. The number of anilines is 1. The Morgan fingerprint density at radius 2 is 1.95 bits per heavy atom. The van der Waals surface area contributed by atoms with Gasteiger partial charge in [-0.15, -0.1) is 0 Å². The first-order chi connectivity index (χ1) is 10.6. The van der Waals surface area contributed by atoms with E-state index in [4.69, 9.17) is 0 Å². The SMILES string of the molecule is Cc1ccccc1-c1nc(NC2CCCC2)cc(C(=O)O)n1. The lowest BCUT2D eigenvalue weighted by Gasteiger charge is -2.14. The highest BCUT2D eigenvalue weighted by Crippen LogP contribution is 2.25. The van der Waals surface area contributed by atoms with Gasteiger partial charge in [0.05, 0.1) is 0 Å². The molecule has 1 aliphatic carbocycles. The first-order valence-electron chi connectivity index (χ1n) is 7.58. The number of hydrogen-bond acceptors (Lipinski definition) is 4. The fraction of sp³-hybridized carbons (Fsp3) is 0.353. The highest BCUT2D eigenvalue weighted by atomic mass is 16.4. The van der Waals surface area contributed by atoms with E-state index in [1.807, 2.05) is 31.2 Å². The quantitative estimate of drug-likeness (QED) is 0.903. The standard InChI is InChI=1S/C17H19N3O2/c1-11-6-2-5-9-13(11)16-19-14(17(21)22)10-15(20-16)18-12-7-3-4-8-12/h2,5-6,9-10,12H,3-4,7-8H2,1H3,(H,21,22)(H,18,19,20). The average molecular weight is 297 g/mol. The monoisotopic (exact) mass is 297 g/mol. The van der Waals surface area contributed by atoms with Crippen LogP contribution in [-0.2, 0) is 0 Å². The number of aryl methyl sites for hydroxylation is 1. The van der Waals surface area contributed by atoms with Gasteiger partial charge in [0.1, 0.15) is 5.82 Å². The van der Waals surface area contributed by atoms with E-state index in [9.17, 15) is 9.90 Å². The van der Waals surface area contributed by atoms with Crippen molar-refractivity contribution in [3.63, 3.8) is 0 Å². The second kappa shape index (κ2) is 6.13. The third-order valence-corrected chi connectivity index (χ3v) is 4.04. The van der Waals surface area contributed by atoms with Crippen LogP contribution in [0.4, 0.5) is 5.82 Å². The van der Waals surface area contributed by atoms with Crippen LogP contribution in [0, 0.1) is 6.92 Å². The Balaban J connectivity index is 2.00. The number of nitrogens with zero attached hydrogens (tertiary/aromatic N) is 2. The molecule has 114 valence electrons. The zero-order valence-corrected chi connectivity index (χ0v) is 12.5. The van der Waals surface area contributed by atoms with Crippen molar-refractivity contribution in [1.29, 1.82) is 0 Å². The number of aromatic carboxylic acids is 1. The van der Waals surface area contributed by atoms with Crippen LogP contribution in [0.2, 0.25) is 0 Å². The summed E-state index contributed by atoms with van der Waals surface area (Å²) < 4.78 is 0. The van der Waals surface area contributed by atoms with Gasteiger partial charge >= 0.3 is 5.97 Å². The minimum Gasteiger partial charge on any atom is -0.477 e. The number of carboxylic acid groups (broad SMARTS) is 1. The molecular weight excluding hydrogens is 278 g/mol. The van der Waals surface area contributed by atoms with E-state index in [1.54, 1.807) is 0 Å². The first kappa shape index (κ1) is 14.5. The van der Waals surface area contributed by atoms with E-state index >= 15 is 0 Å². The summed E-state index contributed by atoms with van der Waals surface area (Å²) in [5.74, 6) is 0.0164.